The molecule has 44 heavy (non-hydrogen) atoms. The summed E-state index contributed by atoms with van der Waals surface area (Å²) < 4.78 is 85.1. The minimum atomic E-state index is -5.28. The van der Waals surface area contributed by atoms with Gasteiger partial charge in [0, 0.05) is 22.3 Å². The molecule has 0 saturated carbocycles. The number of nitrogens with one attached hydrogen (secondary N) is 2. The van der Waals surface area contributed by atoms with Gasteiger partial charge >= 0.3 is 12.4 Å². The Morgan fingerprint density at radius 3 is 1.18 bits per heavy atom. The van der Waals surface area contributed by atoms with Crippen LogP contribution in [0, 0.1) is 24.7 Å². The zero-order chi connectivity index (χ0) is 32.4. The lowest BCUT2D eigenvalue weighted by molar-refractivity contribution is -0.139. The van der Waals surface area contributed by atoms with Gasteiger partial charge in [-0.2, -0.15) is 26.3 Å². The van der Waals surface area contributed by atoms with Crippen LogP contribution in [0.25, 0.3) is 11.1 Å². The monoisotopic (exact) mass is 608 g/mol. The molecule has 4 aromatic carbocycles. The summed E-state index contributed by atoms with van der Waals surface area (Å²) in [5, 5.41) is 25.2. The second kappa shape index (κ2) is 11.8. The van der Waals surface area contributed by atoms with Crippen LogP contribution in [-0.4, -0.2) is 22.0 Å². The molecule has 0 atom stereocenters. The molecule has 0 fully saturated rings. The maximum atomic E-state index is 14.2. The number of hydrogen-bond acceptors (Lipinski definition) is 4. The van der Waals surface area contributed by atoms with Gasteiger partial charge in [0.05, 0.1) is 22.5 Å². The number of terminal acetylenes is 2. The zero-order valence-electron chi connectivity index (χ0n) is 22.1. The summed E-state index contributed by atoms with van der Waals surface area (Å²) in [5.41, 5.74) is -6.36. The number of carbonyl (C=O) groups excluding carboxylic acids is 2. The van der Waals surface area contributed by atoms with Gasteiger partial charge < -0.3 is 20.8 Å². The maximum Gasteiger partial charge on any atom is 0.417 e. The van der Waals surface area contributed by atoms with Crippen molar-refractivity contribution in [2.75, 3.05) is 10.6 Å². The number of halogens is 6. The minimum absolute atomic E-state index is 0.0325. The van der Waals surface area contributed by atoms with Gasteiger partial charge in [0.15, 0.2) is 0 Å². The Bertz CT molecular complexity index is 1710. The molecule has 0 radical (unpaired) electrons. The molecule has 0 spiro atoms. The summed E-state index contributed by atoms with van der Waals surface area (Å²) in [6.45, 7) is 0. The molecular formula is C32H18F6N2O4. The molecule has 4 N–H and O–H groups in total. The normalized spacial score (nSPS) is 11.3. The zero-order valence-corrected chi connectivity index (χ0v) is 22.1. The molecule has 6 nitrogen and oxygen atoms in total. The van der Waals surface area contributed by atoms with Crippen molar-refractivity contribution in [3.8, 4) is 47.3 Å². The van der Waals surface area contributed by atoms with Crippen LogP contribution in [0.4, 0.5) is 37.7 Å². The van der Waals surface area contributed by atoms with E-state index in [4.69, 9.17) is 12.8 Å². The number of carbonyl (C=O) groups is 2. The highest BCUT2D eigenvalue weighted by Gasteiger charge is 2.40. The first-order valence-electron chi connectivity index (χ1n) is 12.3. The van der Waals surface area contributed by atoms with E-state index in [1.165, 1.54) is 48.5 Å². The number of aromatic hydroxyl groups is 2. The fraction of sp³-hybridized carbons (Fsp3) is 0.0625. The Morgan fingerprint density at radius 2 is 0.909 bits per heavy atom. The molecule has 2 amide bonds. The van der Waals surface area contributed by atoms with Crippen molar-refractivity contribution in [1.29, 1.82) is 0 Å². The van der Waals surface area contributed by atoms with Crippen molar-refractivity contribution >= 4 is 23.2 Å². The third-order valence-corrected chi connectivity index (χ3v) is 6.30. The third kappa shape index (κ3) is 6.61. The van der Waals surface area contributed by atoms with Crippen LogP contribution in [0.5, 0.6) is 11.5 Å². The number of amides is 2. The van der Waals surface area contributed by atoms with Crippen molar-refractivity contribution in [2.24, 2.45) is 0 Å². The number of rotatable bonds is 5. The SMILES string of the molecule is C#Cc1ccc(C(=O)Nc2cc(C(F)(F)F)c(-c3cc(O)c(NC(=O)c4ccc(C#C)cc4)cc3C(F)(F)F)cc2O)cc1. The van der Waals surface area contributed by atoms with Crippen LogP contribution >= 0.6 is 0 Å². The molecule has 0 heterocycles. The Hall–Kier alpha value is -5.88. The first-order chi connectivity index (χ1) is 20.6. The topological polar surface area (TPSA) is 98.7 Å². The lowest BCUT2D eigenvalue weighted by atomic mass is 9.92. The van der Waals surface area contributed by atoms with Crippen LogP contribution in [-0.2, 0) is 12.4 Å². The van der Waals surface area contributed by atoms with Crippen molar-refractivity contribution in [3.05, 3.63) is 106 Å². The van der Waals surface area contributed by atoms with Gasteiger partial charge in [0.25, 0.3) is 11.8 Å². The Balaban J connectivity index is 1.78. The van der Waals surface area contributed by atoms with Crippen LogP contribution in [0.2, 0.25) is 0 Å². The van der Waals surface area contributed by atoms with Crippen molar-refractivity contribution in [2.45, 2.75) is 12.4 Å². The highest BCUT2D eigenvalue weighted by atomic mass is 19.4. The molecule has 0 aliphatic rings. The number of phenols is 2. The molecule has 4 aromatic rings. The average Bonchev–Trinajstić information content (AvgIpc) is 2.97. The second-order valence-corrected chi connectivity index (χ2v) is 9.18. The smallest absolute Gasteiger partial charge is 0.417 e. The van der Waals surface area contributed by atoms with Gasteiger partial charge in [0.1, 0.15) is 11.5 Å². The Morgan fingerprint density at radius 1 is 0.591 bits per heavy atom. The van der Waals surface area contributed by atoms with E-state index in [1.54, 1.807) is 0 Å². The second-order valence-electron chi connectivity index (χ2n) is 9.18. The van der Waals surface area contributed by atoms with Crippen molar-refractivity contribution in [1.82, 2.24) is 0 Å². The number of phenolic OH excluding ortho intramolecular Hbond substituents is 2. The first kappa shape index (κ1) is 31.1. The molecule has 0 aromatic heterocycles. The minimum Gasteiger partial charge on any atom is -0.506 e. The highest BCUT2D eigenvalue weighted by Crippen LogP contribution is 2.48. The molecule has 0 saturated heterocycles. The van der Waals surface area contributed by atoms with E-state index in [9.17, 15) is 46.1 Å². The molecule has 222 valence electrons. The lowest BCUT2D eigenvalue weighted by Crippen LogP contribution is -2.16. The van der Waals surface area contributed by atoms with Crippen molar-refractivity contribution < 1.29 is 46.1 Å². The molecule has 12 heteroatoms. The summed E-state index contributed by atoms with van der Waals surface area (Å²) >= 11 is 0. The van der Waals surface area contributed by atoms with E-state index in [0.717, 1.165) is 0 Å². The van der Waals surface area contributed by atoms with Gasteiger partial charge in [-0.1, -0.05) is 11.8 Å². The number of hydrogen-bond donors (Lipinski definition) is 4. The summed E-state index contributed by atoms with van der Waals surface area (Å²) in [5.74, 6) is 0.768. The summed E-state index contributed by atoms with van der Waals surface area (Å²) in [7, 11) is 0. The maximum absolute atomic E-state index is 14.2. The number of benzene rings is 4. The third-order valence-electron chi connectivity index (χ3n) is 6.30. The van der Waals surface area contributed by atoms with E-state index in [1.807, 2.05) is 0 Å². The number of anilines is 2. The fourth-order valence-electron chi connectivity index (χ4n) is 4.12. The first-order valence-corrected chi connectivity index (χ1v) is 12.3. The van der Waals surface area contributed by atoms with Crippen LogP contribution in [0.1, 0.15) is 43.0 Å². The molecule has 0 bridgehead atoms. The molecule has 4 rings (SSSR count). The van der Waals surface area contributed by atoms with Gasteiger partial charge in [0.2, 0.25) is 0 Å². The molecular weight excluding hydrogens is 590 g/mol. The van der Waals surface area contributed by atoms with Gasteiger partial charge in [-0.3, -0.25) is 9.59 Å². The predicted octanol–water partition coefficient (Wildman–Crippen LogP) is 7.27. The molecule has 0 unspecified atom stereocenters. The van der Waals surface area contributed by atoms with E-state index < -0.39 is 69.3 Å². The van der Waals surface area contributed by atoms with Gasteiger partial charge in [-0.05, 0) is 83.9 Å². The van der Waals surface area contributed by atoms with E-state index in [2.05, 4.69) is 22.5 Å². The fourth-order valence-corrected chi connectivity index (χ4v) is 4.12. The van der Waals surface area contributed by atoms with Crippen molar-refractivity contribution in [3.63, 3.8) is 0 Å². The van der Waals surface area contributed by atoms with Crippen LogP contribution in [0.3, 0.4) is 0 Å². The van der Waals surface area contributed by atoms with E-state index in [-0.39, 0.29) is 23.3 Å². The van der Waals surface area contributed by atoms with Crippen LogP contribution in [0.15, 0.2) is 72.8 Å². The summed E-state index contributed by atoms with van der Waals surface area (Å²) in [4.78, 5) is 25.2. The summed E-state index contributed by atoms with van der Waals surface area (Å²) in [6, 6.07) is 12.0. The summed E-state index contributed by atoms with van der Waals surface area (Å²) in [6.07, 6.45) is -0.0735. The number of alkyl halides is 6. The van der Waals surface area contributed by atoms with Gasteiger partial charge in [-0.15, -0.1) is 12.8 Å². The van der Waals surface area contributed by atoms with E-state index >= 15 is 0 Å². The average molecular weight is 608 g/mol. The highest BCUT2D eigenvalue weighted by molar-refractivity contribution is 6.06. The lowest BCUT2D eigenvalue weighted by Gasteiger charge is -2.21. The predicted molar refractivity (Wildman–Crippen MR) is 150 cm³/mol. The van der Waals surface area contributed by atoms with E-state index in [0.29, 0.717) is 23.3 Å². The van der Waals surface area contributed by atoms with Crippen LogP contribution < -0.4 is 10.6 Å². The quantitative estimate of drug-likeness (QED) is 0.109. The molecule has 0 aliphatic heterocycles. The molecule has 0 aliphatic carbocycles. The standard InChI is InChI=1S/C32H18F6N2O4/c1-3-17-5-9-19(10-6-17)29(43)39-25-15-23(31(33,34)35)21(13-27(25)41)22-14-28(42)26(16-24(22)32(36,37)38)40-30(44)20-11-7-18(4-2)8-12-20/h1-2,5-16,41-42H,(H,39,43)(H,40,44). The Kier molecular flexibility index (Phi) is 8.32. The van der Waals surface area contributed by atoms with Gasteiger partial charge in [-0.25, -0.2) is 0 Å². The largest absolute Gasteiger partial charge is 0.506 e. The Labute approximate surface area is 246 Å².